The van der Waals surface area contributed by atoms with Gasteiger partial charge in [0.25, 0.3) is 32.1 Å². The van der Waals surface area contributed by atoms with Gasteiger partial charge in [0.15, 0.2) is 11.5 Å². The first-order chi connectivity index (χ1) is 26.2. The van der Waals surface area contributed by atoms with Crippen molar-refractivity contribution < 1.29 is 59.8 Å². The van der Waals surface area contributed by atoms with Crippen LogP contribution >= 0.6 is 23.2 Å². The first-order valence-electron chi connectivity index (χ1n) is 17.8. The topological polar surface area (TPSA) is 219 Å². The average molecular weight is 863 g/mol. The van der Waals surface area contributed by atoms with Crippen molar-refractivity contribution in [1.82, 2.24) is 5.06 Å². The summed E-state index contributed by atoms with van der Waals surface area (Å²) in [4.78, 5) is 54.8. The van der Waals surface area contributed by atoms with Crippen molar-refractivity contribution in [2.45, 2.75) is 95.3 Å². The van der Waals surface area contributed by atoms with Crippen LogP contribution in [0.4, 0.5) is 0 Å². The van der Waals surface area contributed by atoms with Gasteiger partial charge in [0.05, 0.1) is 21.2 Å². The highest BCUT2D eigenvalue weighted by atomic mass is 35.5. The van der Waals surface area contributed by atoms with Crippen molar-refractivity contribution in [3.8, 4) is 11.5 Å². The number of halogens is 2. The van der Waals surface area contributed by atoms with Crippen LogP contribution in [0.25, 0.3) is 11.6 Å². The van der Waals surface area contributed by atoms with E-state index in [2.05, 4.69) is 0 Å². The number of rotatable bonds is 6. The fourth-order valence-corrected chi connectivity index (χ4v) is 11.4. The molecule has 3 aromatic carbocycles. The first-order valence-corrected chi connectivity index (χ1v) is 21.5. The molecule has 0 aromatic heterocycles. The summed E-state index contributed by atoms with van der Waals surface area (Å²) in [6, 6.07) is 4.07. The average Bonchev–Trinajstić information content (AvgIpc) is 3.36. The minimum absolute atomic E-state index is 0.0793. The molecule has 0 spiro atoms. The molecular formula is C39H37Cl2NO13S2. The van der Waals surface area contributed by atoms with E-state index in [-0.39, 0.29) is 63.3 Å². The quantitative estimate of drug-likeness (QED) is 0.147. The van der Waals surface area contributed by atoms with Crippen molar-refractivity contribution in [2.75, 3.05) is 0 Å². The van der Waals surface area contributed by atoms with Gasteiger partial charge >= 0.3 is 11.9 Å². The number of fused-ring (bicyclic) bond motifs is 4. The van der Waals surface area contributed by atoms with Gasteiger partial charge in [-0.15, -0.1) is 5.06 Å². The molecule has 2 heterocycles. The zero-order chi connectivity index (χ0) is 42.1. The summed E-state index contributed by atoms with van der Waals surface area (Å²) >= 11 is 13.6. The monoisotopic (exact) mass is 861 g/mol. The Morgan fingerprint density at radius 2 is 1.47 bits per heavy atom. The maximum absolute atomic E-state index is 13.5. The van der Waals surface area contributed by atoms with Crippen LogP contribution in [0.2, 0.25) is 10.0 Å². The molecule has 3 aromatic rings. The predicted octanol–water partition coefficient (Wildman–Crippen LogP) is 6.15. The number of carbonyl (C=O) groups is 4. The van der Waals surface area contributed by atoms with E-state index in [1.54, 1.807) is 18.2 Å². The van der Waals surface area contributed by atoms with E-state index >= 15 is 0 Å². The third-order valence-corrected chi connectivity index (χ3v) is 13.5. The number of imide groups is 1. The molecule has 18 heteroatoms. The van der Waals surface area contributed by atoms with Gasteiger partial charge in [0.2, 0.25) is 0 Å². The van der Waals surface area contributed by atoms with E-state index in [9.17, 15) is 50.2 Å². The Bertz CT molecular complexity index is 2760. The molecule has 0 radical (unpaired) electrons. The number of carboxylic acid groups (broad SMARTS) is 1. The maximum atomic E-state index is 13.5. The summed E-state index contributed by atoms with van der Waals surface area (Å²) in [5.41, 5.74) is -2.18. The van der Waals surface area contributed by atoms with E-state index in [0.29, 0.717) is 24.0 Å². The lowest BCUT2D eigenvalue weighted by atomic mass is 9.69. The Morgan fingerprint density at radius 1 is 0.877 bits per heavy atom. The Balaban J connectivity index is 1.69. The summed E-state index contributed by atoms with van der Waals surface area (Å²) in [6.07, 6.45) is 2.43. The largest absolute Gasteiger partial charge is 0.478 e. The van der Waals surface area contributed by atoms with E-state index in [1.807, 2.05) is 41.5 Å². The van der Waals surface area contributed by atoms with E-state index < -0.39 is 103 Å². The summed E-state index contributed by atoms with van der Waals surface area (Å²) < 4.78 is 82.3. The smallest absolute Gasteiger partial charge is 0.365 e. The van der Waals surface area contributed by atoms with Gasteiger partial charge < -0.3 is 14.7 Å². The van der Waals surface area contributed by atoms with Crippen LogP contribution in [0.3, 0.4) is 0 Å². The molecule has 4 aliphatic rings. The van der Waals surface area contributed by atoms with Gasteiger partial charge in [-0.1, -0.05) is 70.8 Å². The van der Waals surface area contributed by atoms with Gasteiger partial charge in [0.1, 0.15) is 9.79 Å². The number of hydroxylamine groups is 2. The molecule has 57 heavy (non-hydrogen) atoms. The third-order valence-electron chi connectivity index (χ3n) is 11.0. The highest BCUT2D eigenvalue weighted by Crippen LogP contribution is 2.53. The molecule has 0 bridgehead atoms. The number of carbonyl (C=O) groups excluding carboxylic acids is 3. The number of ether oxygens (including phenoxy) is 1. The van der Waals surface area contributed by atoms with Crippen molar-refractivity contribution in [2.24, 2.45) is 10.8 Å². The molecule has 3 N–H and O–H groups in total. The number of amides is 2. The maximum Gasteiger partial charge on any atom is 0.365 e. The first kappa shape index (κ1) is 40.9. The second-order valence-corrected chi connectivity index (χ2v) is 20.1. The zero-order valence-electron chi connectivity index (χ0n) is 31.4. The van der Waals surface area contributed by atoms with E-state index in [4.69, 9.17) is 32.8 Å². The molecule has 1 fully saturated rings. The van der Waals surface area contributed by atoms with Crippen molar-refractivity contribution in [3.63, 3.8) is 0 Å². The molecule has 2 aliphatic heterocycles. The molecule has 2 unspecified atom stereocenters. The number of hydrogen-bond acceptors (Lipinski definition) is 10. The van der Waals surface area contributed by atoms with Crippen LogP contribution in [0.1, 0.15) is 128 Å². The van der Waals surface area contributed by atoms with Crippen molar-refractivity contribution >= 4 is 78.8 Å². The number of nitrogens with zero attached hydrogens (tertiary/aromatic N) is 1. The van der Waals surface area contributed by atoms with Crippen molar-refractivity contribution in [3.05, 3.63) is 77.6 Å². The zero-order valence-corrected chi connectivity index (χ0v) is 34.6. The molecule has 14 nitrogen and oxygen atoms in total. The Kier molecular flexibility index (Phi) is 9.58. The van der Waals surface area contributed by atoms with E-state index in [1.165, 1.54) is 0 Å². The van der Waals surface area contributed by atoms with E-state index in [0.717, 1.165) is 6.07 Å². The van der Waals surface area contributed by atoms with Crippen LogP contribution < -0.4 is 15.2 Å². The molecule has 1 saturated heterocycles. The molecule has 7 rings (SSSR count). The summed E-state index contributed by atoms with van der Waals surface area (Å²) in [5.74, 6) is -6.59. The fraction of sp³-hybridized carbons (Fsp3) is 0.385. The van der Waals surface area contributed by atoms with Gasteiger partial charge in [-0.3, -0.25) is 18.7 Å². The van der Waals surface area contributed by atoms with Gasteiger partial charge in [0, 0.05) is 34.8 Å². The number of carboxylic acids is 1. The van der Waals surface area contributed by atoms with Gasteiger partial charge in [-0.05, 0) is 82.0 Å². The third kappa shape index (κ3) is 6.83. The van der Waals surface area contributed by atoms with Crippen LogP contribution in [-0.2, 0) is 41.1 Å². The standard InChI is InChI=1S/C39H37Cl2NO13S2/c1-16-12-38(3,4)14-23-18(16)9-20-28(29-25(40)11-22(31(41)30(29)36(45)46)37(47)55-42-26(43)7-8-27(42)44)21-10-19-17(2)13-39(5,6)15-24(19)35(57(51,52)53)33(21)54-32(20)34(23)56(48,49)50/h9-11,14,16-17H,7-8,12-13,15H2,1-6H3,(H,45,46)(H,48,49,50)(H,51,52,53). The molecule has 0 saturated carbocycles. The second-order valence-electron chi connectivity index (χ2n) is 16.6. The number of aromatic carboxylic acids is 1. The molecule has 302 valence electrons. The summed E-state index contributed by atoms with van der Waals surface area (Å²) in [6.45, 7) is 11.2. The Hall–Kier alpha value is -4.32. The summed E-state index contributed by atoms with van der Waals surface area (Å²) in [5, 5.41) is 9.74. The second kappa shape index (κ2) is 13.4. The van der Waals surface area contributed by atoms with Crippen LogP contribution in [0, 0.1) is 10.8 Å². The molecule has 2 amide bonds. The van der Waals surface area contributed by atoms with Crippen LogP contribution in [0.5, 0.6) is 11.5 Å². The Labute approximate surface area is 337 Å². The van der Waals surface area contributed by atoms with Gasteiger partial charge in [-0.25, -0.2) is 9.59 Å². The SMILES string of the molecule is CC1CC(C)(C)Cc2c1cc1c(c2S(=O)(=O)O)Oc2c(S(=O)(=O)O)c3c(cc2=C1c1c(Cl)cc(C(=O)ON2C(=O)CCC2=O)c(Cl)c1C(=O)O)C(C)CC(C)(C)C=3. The normalized spacial score (nSPS) is 20.8. The minimum atomic E-state index is -5.22. The van der Waals surface area contributed by atoms with Crippen molar-refractivity contribution in [1.29, 1.82) is 0 Å². The molecule has 2 aliphatic carbocycles. The van der Waals surface area contributed by atoms with Crippen LogP contribution in [-0.4, -0.2) is 59.9 Å². The molecule has 2 atom stereocenters. The minimum Gasteiger partial charge on any atom is -0.478 e. The predicted molar refractivity (Wildman–Crippen MR) is 205 cm³/mol. The van der Waals surface area contributed by atoms with Crippen LogP contribution in [0.15, 0.2) is 28.0 Å². The summed E-state index contributed by atoms with van der Waals surface area (Å²) in [7, 11) is -10.4. The number of hydrogen-bond donors (Lipinski definition) is 3. The Morgan fingerprint density at radius 3 is 2.05 bits per heavy atom. The number of benzene rings is 3. The lowest BCUT2D eigenvalue weighted by Gasteiger charge is -2.38. The lowest BCUT2D eigenvalue weighted by Crippen LogP contribution is -2.35. The fourth-order valence-electron chi connectivity index (χ4n) is 9.02. The van der Waals surface area contributed by atoms with Gasteiger partial charge in [-0.2, -0.15) is 16.8 Å². The highest BCUT2D eigenvalue weighted by molar-refractivity contribution is 7.86. The molecular weight excluding hydrogens is 825 g/mol. The lowest BCUT2D eigenvalue weighted by molar-refractivity contribution is -0.172. The highest BCUT2D eigenvalue weighted by Gasteiger charge is 2.43.